The summed E-state index contributed by atoms with van der Waals surface area (Å²) in [7, 11) is 0. The topological polar surface area (TPSA) is 67.2 Å². The summed E-state index contributed by atoms with van der Waals surface area (Å²) in [6, 6.07) is 0.699. The van der Waals surface area contributed by atoms with Crippen molar-refractivity contribution in [3.8, 4) is 0 Å². The fraction of sp³-hybridized carbons (Fsp3) is 0.636. The smallest absolute Gasteiger partial charge is 0.301 e. The third-order valence-corrected chi connectivity index (χ3v) is 2.84. The summed E-state index contributed by atoms with van der Waals surface area (Å²) >= 11 is 0. The number of hydrogen-bond acceptors (Lipinski definition) is 4. The Morgan fingerprint density at radius 1 is 1.69 bits per heavy atom. The maximum atomic E-state index is 11.9. The van der Waals surface area contributed by atoms with E-state index in [1.54, 1.807) is 0 Å². The van der Waals surface area contributed by atoms with E-state index in [1.807, 2.05) is 6.92 Å². The molecule has 16 heavy (non-hydrogen) atoms. The van der Waals surface area contributed by atoms with Crippen LogP contribution in [-0.4, -0.2) is 23.5 Å². The highest BCUT2D eigenvalue weighted by Gasteiger charge is 2.25. The monoisotopic (exact) mass is 223 g/mol. The second-order valence-corrected chi connectivity index (χ2v) is 4.36. The van der Waals surface area contributed by atoms with Crippen LogP contribution in [0.1, 0.15) is 25.5 Å². The van der Waals surface area contributed by atoms with Gasteiger partial charge in [0, 0.05) is 12.0 Å². The largest absolute Gasteiger partial charge is 0.432 e. The van der Waals surface area contributed by atoms with Crippen molar-refractivity contribution in [1.29, 1.82) is 0 Å². The lowest BCUT2D eigenvalue weighted by atomic mass is 9.92. The molecule has 1 amide bonds. The number of anilines is 1. The lowest BCUT2D eigenvalue weighted by Crippen LogP contribution is -2.40. The molecule has 0 radical (unpaired) electrons. The van der Waals surface area contributed by atoms with Crippen LogP contribution >= 0.6 is 0 Å². The molecule has 0 spiro atoms. The van der Waals surface area contributed by atoms with Crippen LogP contribution in [0.5, 0.6) is 0 Å². The predicted molar refractivity (Wildman–Crippen MR) is 60.1 cm³/mol. The van der Waals surface area contributed by atoms with Crippen LogP contribution in [0.4, 0.5) is 6.01 Å². The fourth-order valence-electron chi connectivity index (χ4n) is 1.99. The molecular weight excluding hydrogens is 206 g/mol. The van der Waals surface area contributed by atoms with Gasteiger partial charge >= 0.3 is 6.01 Å². The minimum atomic E-state index is 0.00944. The van der Waals surface area contributed by atoms with Gasteiger partial charge in [0.2, 0.25) is 5.91 Å². The van der Waals surface area contributed by atoms with Gasteiger partial charge < -0.3 is 9.73 Å². The van der Waals surface area contributed by atoms with E-state index in [0.29, 0.717) is 12.1 Å². The van der Waals surface area contributed by atoms with Gasteiger partial charge in [0.1, 0.15) is 6.26 Å². The van der Waals surface area contributed by atoms with Gasteiger partial charge in [-0.1, -0.05) is 0 Å². The van der Waals surface area contributed by atoms with Crippen LogP contribution < -0.4 is 10.6 Å². The number of carbonyl (C=O) groups excluding carboxylic acids is 1. The molecule has 2 N–H and O–H groups in total. The van der Waals surface area contributed by atoms with Crippen LogP contribution in [0, 0.1) is 12.8 Å². The highest BCUT2D eigenvalue weighted by atomic mass is 16.4. The first kappa shape index (κ1) is 11.1. The highest BCUT2D eigenvalue weighted by molar-refractivity contribution is 5.90. The lowest BCUT2D eigenvalue weighted by molar-refractivity contribution is -0.121. The summed E-state index contributed by atoms with van der Waals surface area (Å²) < 4.78 is 5.09. The van der Waals surface area contributed by atoms with Crippen LogP contribution in [-0.2, 0) is 4.79 Å². The van der Waals surface area contributed by atoms with Crippen molar-refractivity contribution in [2.24, 2.45) is 5.92 Å². The first-order valence-electron chi connectivity index (χ1n) is 5.61. The Labute approximate surface area is 94.6 Å². The summed E-state index contributed by atoms with van der Waals surface area (Å²) in [5, 5.41) is 6.02. The number of hydrogen-bond donors (Lipinski definition) is 2. The van der Waals surface area contributed by atoms with Crippen molar-refractivity contribution in [2.45, 2.75) is 32.7 Å². The number of amides is 1. The molecule has 1 aliphatic rings. The molecule has 1 fully saturated rings. The summed E-state index contributed by atoms with van der Waals surface area (Å²) in [6.07, 6.45) is 3.27. The Kier molecular flexibility index (Phi) is 3.24. The molecule has 88 valence electrons. The maximum absolute atomic E-state index is 11.9. The molecule has 1 aromatic heterocycles. The Morgan fingerprint density at radius 2 is 2.50 bits per heavy atom. The van der Waals surface area contributed by atoms with E-state index in [-0.39, 0.29) is 11.8 Å². The Hall–Kier alpha value is -1.36. The fourth-order valence-corrected chi connectivity index (χ4v) is 1.99. The molecule has 2 unspecified atom stereocenters. The summed E-state index contributed by atoms with van der Waals surface area (Å²) in [4.78, 5) is 15.9. The Bertz CT molecular complexity index is 375. The van der Waals surface area contributed by atoms with E-state index < -0.39 is 0 Å². The molecule has 2 heterocycles. The van der Waals surface area contributed by atoms with Crippen molar-refractivity contribution in [3.63, 3.8) is 0 Å². The second-order valence-electron chi connectivity index (χ2n) is 4.36. The van der Waals surface area contributed by atoms with Crippen molar-refractivity contribution in [2.75, 3.05) is 11.9 Å². The summed E-state index contributed by atoms with van der Waals surface area (Å²) in [6.45, 7) is 4.81. The number of oxazole rings is 1. The van der Waals surface area contributed by atoms with E-state index in [0.717, 1.165) is 25.1 Å². The highest BCUT2D eigenvalue weighted by Crippen LogP contribution is 2.18. The second kappa shape index (κ2) is 4.65. The van der Waals surface area contributed by atoms with Crippen LogP contribution in [0.2, 0.25) is 0 Å². The zero-order chi connectivity index (χ0) is 11.5. The molecule has 1 aromatic rings. The van der Waals surface area contributed by atoms with Gasteiger partial charge in [-0.25, -0.2) is 0 Å². The normalized spacial score (nSPS) is 25.4. The van der Waals surface area contributed by atoms with Gasteiger partial charge in [-0.05, 0) is 33.2 Å². The first-order valence-corrected chi connectivity index (χ1v) is 5.61. The van der Waals surface area contributed by atoms with Crippen molar-refractivity contribution < 1.29 is 9.21 Å². The zero-order valence-corrected chi connectivity index (χ0v) is 9.62. The minimum absolute atomic E-state index is 0.00944. The molecule has 2 atom stereocenters. The third kappa shape index (κ3) is 2.61. The summed E-state index contributed by atoms with van der Waals surface area (Å²) in [5.74, 6) is 0.0682. The summed E-state index contributed by atoms with van der Waals surface area (Å²) in [5.41, 5.74) is 0.772. The third-order valence-electron chi connectivity index (χ3n) is 2.84. The first-order chi connectivity index (χ1) is 7.65. The molecule has 5 heteroatoms. The average Bonchev–Trinajstić information content (AvgIpc) is 2.64. The van der Waals surface area contributed by atoms with E-state index in [2.05, 4.69) is 22.5 Å². The number of carbonyl (C=O) groups is 1. The number of aryl methyl sites for hydroxylation is 1. The molecule has 0 aromatic carbocycles. The molecule has 0 aliphatic carbocycles. The molecule has 1 saturated heterocycles. The number of piperidine rings is 1. The number of aromatic nitrogens is 1. The van der Waals surface area contributed by atoms with Crippen LogP contribution in [0.15, 0.2) is 10.7 Å². The SMILES string of the molecule is Cc1coc(NC(=O)C2CCNC(C)C2)n1. The van der Waals surface area contributed by atoms with Gasteiger partial charge in [0.05, 0.1) is 5.69 Å². The number of nitrogens with zero attached hydrogens (tertiary/aromatic N) is 1. The zero-order valence-electron chi connectivity index (χ0n) is 9.62. The Morgan fingerprint density at radius 3 is 3.12 bits per heavy atom. The van der Waals surface area contributed by atoms with Crippen molar-refractivity contribution in [3.05, 3.63) is 12.0 Å². The Balaban J connectivity index is 1.92. The standard InChI is InChI=1S/C11H17N3O2/c1-7-5-9(3-4-12-7)10(15)14-11-13-8(2)6-16-11/h6-7,9,12H,3-5H2,1-2H3,(H,13,14,15). The van der Waals surface area contributed by atoms with E-state index in [1.165, 1.54) is 6.26 Å². The molecular formula is C11H17N3O2. The number of rotatable bonds is 2. The maximum Gasteiger partial charge on any atom is 0.301 e. The van der Waals surface area contributed by atoms with Gasteiger partial charge in [0.15, 0.2) is 0 Å². The van der Waals surface area contributed by atoms with Crippen molar-refractivity contribution >= 4 is 11.9 Å². The predicted octanol–water partition coefficient (Wildman–Crippen LogP) is 1.31. The van der Waals surface area contributed by atoms with Crippen molar-refractivity contribution in [1.82, 2.24) is 10.3 Å². The van der Waals surface area contributed by atoms with Gasteiger partial charge in [-0.3, -0.25) is 10.1 Å². The van der Waals surface area contributed by atoms with Crippen LogP contribution in [0.3, 0.4) is 0 Å². The van der Waals surface area contributed by atoms with Gasteiger partial charge in [-0.2, -0.15) is 4.98 Å². The molecule has 5 nitrogen and oxygen atoms in total. The average molecular weight is 223 g/mol. The molecule has 1 aliphatic heterocycles. The number of nitrogens with one attached hydrogen (secondary N) is 2. The molecule has 0 saturated carbocycles. The van der Waals surface area contributed by atoms with Crippen LogP contribution in [0.25, 0.3) is 0 Å². The van der Waals surface area contributed by atoms with Gasteiger partial charge in [0.25, 0.3) is 0 Å². The van der Waals surface area contributed by atoms with Gasteiger partial charge in [-0.15, -0.1) is 0 Å². The lowest BCUT2D eigenvalue weighted by Gasteiger charge is -2.26. The van der Waals surface area contributed by atoms with E-state index in [9.17, 15) is 4.79 Å². The van der Waals surface area contributed by atoms with E-state index >= 15 is 0 Å². The molecule has 0 bridgehead atoms. The minimum Gasteiger partial charge on any atom is -0.432 e. The van der Waals surface area contributed by atoms with E-state index in [4.69, 9.17) is 4.42 Å². The molecule has 2 rings (SSSR count). The quantitative estimate of drug-likeness (QED) is 0.793.